The highest BCUT2D eigenvalue weighted by atomic mass is 16.4. The molecule has 0 aliphatic rings. The average molecular weight is 360 g/mol. The van der Waals surface area contributed by atoms with Gasteiger partial charge in [0.15, 0.2) is 5.78 Å². The van der Waals surface area contributed by atoms with Gasteiger partial charge in [-0.1, -0.05) is 6.42 Å². The third-order valence-electron chi connectivity index (χ3n) is 3.62. The van der Waals surface area contributed by atoms with E-state index in [1.165, 1.54) is 19.9 Å². The Morgan fingerprint density at radius 1 is 1.00 bits per heavy atom. The minimum Gasteiger partial charge on any atom is -0.481 e. The third kappa shape index (κ3) is 8.23. The van der Waals surface area contributed by atoms with Crippen molar-refractivity contribution in [2.75, 3.05) is 11.9 Å². The van der Waals surface area contributed by atoms with Crippen molar-refractivity contribution in [2.24, 2.45) is 0 Å². The highest BCUT2D eigenvalue weighted by Crippen LogP contribution is 2.10. The number of carbonyl (C=O) groups is 4. The van der Waals surface area contributed by atoms with Crippen molar-refractivity contribution in [1.82, 2.24) is 5.32 Å². The van der Waals surface area contributed by atoms with Crippen LogP contribution in [-0.2, 0) is 14.4 Å². The summed E-state index contributed by atoms with van der Waals surface area (Å²) in [4.78, 5) is 45.4. The van der Waals surface area contributed by atoms with Gasteiger partial charge in [-0.05, 0) is 51.0 Å². The van der Waals surface area contributed by atoms with Crippen LogP contribution in [0.3, 0.4) is 0 Å². The summed E-state index contributed by atoms with van der Waals surface area (Å²) in [5.41, 5.74) is 1.36. The first kappa shape index (κ1) is 21.1. The van der Waals surface area contributed by atoms with Gasteiger partial charge in [0.05, 0.1) is 0 Å². The van der Waals surface area contributed by atoms with Gasteiger partial charge in [-0.3, -0.25) is 19.2 Å². The van der Waals surface area contributed by atoms with E-state index in [1.54, 1.807) is 24.3 Å². The molecular weight excluding hydrogens is 336 g/mol. The zero-order chi connectivity index (χ0) is 19.5. The number of carboxylic acid groups (broad SMARTS) is 1. The Morgan fingerprint density at radius 2 is 1.65 bits per heavy atom. The number of hydrogen-bond acceptors (Lipinski definition) is 4. The van der Waals surface area contributed by atoms with Gasteiger partial charge in [-0.15, -0.1) is 0 Å². The Labute approximate surface area is 152 Å². The molecule has 1 aromatic carbocycles. The Morgan fingerprint density at radius 3 is 2.23 bits per heavy atom. The lowest BCUT2D eigenvalue weighted by atomic mass is 10.1. The predicted octanol–water partition coefficient (Wildman–Crippen LogP) is 2.54. The highest BCUT2D eigenvalue weighted by molar-refractivity contribution is 6.06. The number of carbonyl (C=O) groups excluding carboxylic acids is 3. The second kappa shape index (κ2) is 10.8. The summed E-state index contributed by atoms with van der Waals surface area (Å²) in [5, 5.41) is 13.8. The fourth-order valence-electron chi connectivity index (χ4n) is 2.15. The van der Waals surface area contributed by atoms with Crippen LogP contribution in [-0.4, -0.2) is 35.2 Å². The molecule has 0 spiro atoms. The SMILES string of the molecule is CC(=O)c1ccc(NC(=O)/C=C(/C)C(=O)NCCCCCC(=O)O)cc1. The van der Waals surface area contributed by atoms with E-state index in [2.05, 4.69) is 10.6 Å². The van der Waals surface area contributed by atoms with Crippen molar-refractivity contribution in [3.63, 3.8) is 0 Å². The van der Waals surface area contributed by atoms with Gasteiger partial charge >= 0.3 is 5.97 Å². The number of amides is 2. The molecule has 1 aromatic rings. The molecule has 7 nitrogen and oxygen atoms in total. The summed E-state index contributed by atoms with van der Waals surface area (Å²) in [7, 11) is 0. The standard InChI is InChI=1S/C19H24N2O5/c1-13(19(26)20-11-5-3-4-6-18(24)25)12-17(23)21-16-9-7-15(8-10-16)14(2)22/h7-10,12H,3-6,11H2,1-2H3,(H,20,26)(H,21,23)(H,24,25)/b13-12-. The molecule has 3 N–H and O–H groups in total. The first-order valence-corrected chi connectivity index (χ1v) is 8.40. The smallest absolute Gasteiger partial charge is 0.303 e. The molecule has 0 fully saturated rings. The first-order chi connectivity index (χ1) is 12.3. The number of benzene rings is 1. The molecule has 0 bridgehead atoms. The van der Waals surface area contributed by atoms with E-state index < -0.39 is 11.9 Å². The minimum atomic E-state index is -0.824. The molecule has 0 saturated carbocycles. The lowest BCUT2D eigenvalue weighted by Gasteiger charge is -2.06. The molecule has 140 valence electrons. The zero-order valence-electron chi connectivity index (χ0n) is 15.0. The van der Waals surface area contributed by atoms with E-state index in [0.717, 1.165) is 0 Å². The first-order valence-electron chi connectivity index (χ1n) is 8.40. The van der Waals surface area contributed by atoms with Crippen LogP contribution >= 0.6 is 0 Å². The van der Waals surface area contributed by atoms with Crippen molar-refractivity contribution >= 4 is 29.3 Å². The van der Waals surface area contributed by atoms with Crippen LogP contribution in [0.2, 0.25) is 0 Å². The lowest BCUT2D eigenvalue weighted by molar-refractivity contribution is -0.137. The normalized spacial score (nSPS) is 10.9. The van der Waals surface area contributed by atoms with Crippen LogP contribution in [0.5, 0.6) is 0 Å². The Hall–Kier alpha value is -2.96. The monoisotopic (exact) mass is 360 g/mol. The zero-order valence-corrected chi connectivity index (χ0v) is 15.0. The van der Waals surface area contributed by atoms with Gasteiger partial charge < -0.3 is 15.7 Å². The van der Waals surface area contributed by atoms with E-state index in [1.807, 2.05) is 0 Å². The molecule has 0 heterocycles. The number of ketones is 1. The van der Waals surface area contributed by atoms with Crippen LogP contribution in [0.25, 0.3) is 0 Å². The van der Waals surface area contributed by atoms with Crippen molar-refractivity contribution in [3.05, 3.63) is 41.5 Å². The van der Waals surface area contributed by atoms with E-state index >= 15 is 0 Å². The molecule has 0 radical (unpaired) electrons. The van der Waals surface area contributed by atoms with E-state index in [9.17, 15) is 19.2 Å². The summed E-state index contributed by atoms with van der Waals surface area (Å²) in [6.45, 7) is 3.43. The molecule has 0 atom stereocenters. The summed E-state index contributed by atoms with van der Waals surface area (Å²) in [6, 6.07) is 6.47. The van der Waals surface area contributed by atoms with Crippen LogP contribution in [0.15, 0.2) is 35.9 Å². The van der Waals surface area contributed by atoms with Crippen LogP contribution < -0.4 is 10.6 Å². The maximum atomic E-state index is 11.9. The maximum Gasteiger partial charge on any atom is 0.303 e. The van der Waals surface area contributed by atoms with Gasteiger partial charge in [-0.25, -0.2) is 0 Å². The predicted molar refractivity (Wildman–Crippen MR) is 97.9 cm³/mol. The number of aliphatic carboxylic acids is 1. The average Bonchev–Trinajstić information content (AvgIpc) is 2.57. The topological polar surface area (TPSA) is 113 Å². The van der Waals surface area contributed by atoms with Gasteiger partial charge in [-0.2, -0.15) is 0 Å². The van der Waals surface area contributed by atoms with Crippen molar-refractivity contribution in [3.8, 4) is 0 Å². The molecular formula is C19H24N2O5. The van der Waals surface area contributed by atoms with Gasteiger partial charge in [0.2, 0.25) is 11.8 Å². The van der Waals surface area contributed by atoms with E-state index in [0.29, 0.717) is 37.1 Å². The molecule has 0 aliphatic heterocycles. The number of rotatable bonds is 10. The van der Waals surface area contributed by atoms with Crippen molar-refractivity contribution in [1.29, 1.82) is 0 Å². The number of nitrogens with one attached hydrogen (secondary N) is 2. The molecule has 26 heavy (non-hydrogen) atoms. The number of hydrogen-bond donors (Lipinski definition) is 3. The largest absolute Gasteiger partial charge is 0.481 e. The van der Waals surface area contributed by atoms with Crippen molar-refractivity contribution < 1.29 is 24.3 Å². The fraction of sp³-hybridized carbons (Fsp3) is 0.368. The van der Waals surface area contributed by atoms with Gasteiger partial charge in [0.1, 0.15) is 0 Å². The molecule has 0 saturated heterocycles. The minimum absolute atomic E-state index is 0.0572. The Bertz CT molecular complexity index is 692. The second-order valence-corrected chi connectivity index (χ2v) is 5.91. The van der Waals surface area contributed by atoms with Crippen molar-refractivity contribution in [2.45, 2.75) is 39.5 Å². The quantitative estimate of drug-likeness (QED) is 0.337. The number of carboxylic acids is 1. The second-order valence-electron chi connectivity index (χ2n) is 5.91. The van der Waals surface area contributed by atoms with Crippen LogP contribution in [0.1, 0.15) is 49.9 Å². The van der Waals surface area contributed by atoms with Gasteiger partial charge in [0, 0.05) is 35.9 Å². The summed E-state index contributed by atoms with van der Waals surface area (Å²) < 4.78 is 0. The molecule has 0 aliphatic carbocycles. The van der Waals surface area contributed by atoms with Crippen LogP contribution in [0.4, 0.5) is 5.69 Å². The fourth-order valence-corrected chi connectivity index (χ4v) is 2.15. The molecule has 1 rings (SSSR count). The number of Topliss-reactive ketones (excluding diaryl/α,β-unsaturated/α-hetero) is 1. The van der Waals surface area contributed by atoms with E-state index in [-0.39, 0.29) is 23.7 Å². The van der Waals surface area contributed by atoms with Crippen LogP contribution in [0, 0.1) is 0 Å². The summed E-state index contributed by atoms with van der Waals surface area (Å²) in [5.74, 6) is -1.66. The third-order valence-corrected chi connectivity index (χ3v) is 3.62. The Kier molecular flexibility index (Phi) is 8.77. The van der Waals surface area contributed by atoms with Gasteiger partial charge in [0.25, 0.3) is 0 Å². The lowest BCUT2D eigenvalue weighted by Crippen LogP contribution is -2.26. The molecule has 2 amide bonds. The maximum absolute atomic E-state index is 11.9. The molecule has 0 aromatic heterocycles. The number of unbranched alkanes of at least 4 members (excludes halogenated alkanes) is 2. The molecule has 0 unspecified atom stereocenters. The highest BCUT2D eigenvalue weighted by Gasteiger charge is 2.07. The Balaban J connectivity index is 2.39. The van der Waals surface area contributed by atoms with E-state index in [4.69, 9.17) is 5.11 Å². The molecule has 7 heteroatoms. The summed E-state index contributed by atoms with van der Waals surface area (Å²) >= 11 is 0. The summed E-state index contributed by atoms with van der Waals surface area (Å²) in [6.07, 6.45) is 3.30. The number of anilines is 1.